The lowest BCUT2D eigenvalue weighted by molar-refractivity contribution is -0.144. The molecular weight excluding hydrogens is 620 g/mol. The molecule has 48 heavy (non-hydrogen) atoms. The molecule has 0 bridgehead atoms. The van der Waals surface area contributed by atoms with Crippen molar-refractivity contribution in [3.63, 3.8) is 0 Å². The van der Waals surface area contributed by atoms with E-state index in [-0.39, 0.29) is 23.6 Å². The number of ketones is 1. The Kier molecular flexibility index (Phi) is 16.7. The average molecular weight is 671 g/mol. The van der Waals surface area contributed by atoms with Crippen LogP contribution in [-0.2, 0) is 9.59 Å². The number of carbonyl (C=O) groups is 3. The first-order valence-corrected chi connectivity index (χ1v) is 17.5. The van der Waals surface area contributed by atoms with Gasteiger partial charge in [-0.05, 0) is 114 Å². The van der Waals surface area contributed by atoms with Crippen LogP contribution in [0.1, 0.15) is 94.5 Å². The number of rotatable bonds is 19. The zero-order valence-corrected chi connectivity index (χ0v) is 29.5. The number of benzene rings is 2. The predicted octanol–water partition coefficient (Wildman–Crippen LogP) is 9.37. The summed E-state index contributed by atoms with van der Waals surface area (Å²) >= 11 is 5.93. The molecule has 0 spiro atoms. The second kappa shape index (κ2) is 20.9. The molecule has 6 nitrogen and oxygen atoms in total. The van der Waals surface area contributed by atoms with Gasteiger partial charge in [0.15, 0.2) is 11.4 Å². The fraction of sp³-hybridized carbons (Fsp3) is 0.390. The van der Waals surface area contributed by atoms with E-state index in [9.17, 15) is 14.4 Å². The lowest BCUT2D eigenvalue weighted by Crippen LogP contribution is -2.49. The number of hydrogen-bond acceptors (Lipinski definition) is 4. The molecule has 0 saturated carbocycles. The SMILES string of the molecule is CC/C=C\C/C=C\C/C=C\C/C=C\C/C=C\CCCC(=O)N[C@H]1CCN(C(=O)C(C)(C)Oc2ccc(C(=O)c3ccc(Cl)cc3)cc2)C1. The lowest BCUT2D eigenvalue weighted by Gasteiger charge is -2.30. The summed E-state index contributed by atoms with van der Waals surface area (Å²) in [5.41, 5.74) is -0.0451. The molecule has 2 aromatic rings. The summed E-state index contributed by atoms with van der Waals surface area (Å²) in [6.07, 6.45) is 29.5. The van der Waals surface area contributed by atoms with Gasteiger partial charge >= 0.3 is 0 Å². The van der Waals surface area contributed by atoms with E-state index in [0.29, 0.717) is 47.8 Å². The van der Waals surface area contributed by atoms with E-state index < -0.39 is 5.60 Å². The van der Waals surface area contributed by atoms with Gasteiger partial charge < -0.3 is 15.0 Å². The maximum atomic E-state index is 13.3. The quantitative estimate of drug-likeness (QED) is 0.0918. The van der Waals surface area contributed by atoms with Crippen molar-refractivity contribution in [1.82, 2.24) is 10.2 Å². The lowest BCUT2D eigenvalue weighted by atomic mass is 10.0. The second-order valence-corrected chi connectivity index (χ2v) is 12.8. The molecule has 1 heterocycles. The summed E-state index contributed by atoms with van der Waals surface area (Å²) in [5.74, 6) is 0.259. The number of unbranched alkanes of at least 4 members (excludes halogenated alkanes) is 1. The maximum Gasteiger partial charge on any atom is 0.266 e. The maximum absolute atomic E-state index is 13.3. The summed E-state index contributed by atoms with van der Waals surface area (Å²) < 4.78 is 6.07. The van der Waals surface area contributed by atoms with Crippen LogP contribution in [0.15, 0.2) is 109 Å². The van der Waals surface area contributed by atoms with E-state index in [4.69, 9.17) is 16.3 Å². The van der Waals surface area contributed by atoms with Crippen LogP contribution in [-0.4, -0.2) is 47.2 Å². The molecule has 0 radical (unpaired) electrons. The Bertz CT molecular complexity index is 1450. The summed E-state index contributed by atoms with van der Waals surface area (Å²) in [7, 11) is 0. The number of likely N-dealkylation sites (tertiary alicyclic amines) is 1. The van der Waals surface area contributed by atoms with E-state index in [1.54, 1.807) is 67.3 Å². The molecule has 7 heteroatoms. The Morgan fingerprint density at radius 1 is 0.812 bits per heavy atom. The van der Waals surface area contributed by atoms with E-state index in [0.717, 1.165) is 44.9 Å². The van der Waals surface area contributed by atoms with Gasteiger partial charge in [-0.1, -0.05) is 79.3 Å². The summed E-state index contributed by atoms with van der Waals surface area (Å²) in [5, 5.41) is 3.66. The van der Waals surface area contributed by atoms with Crippen LogP contribution in [0.5, 0.6) is 5.75 Å². The Hall–Kier alpha value is -4.16. The van der Waals surface area contributed by atoms with Gasteiger partial charge in [0.25, 0.3) is 5.91 Å². The first-order valence-electron chi connectivity index (χ1n) is 17.1. The number of nitrogens with one attached hydrogen (secondary N) is 1. The zero-order valence-electron chi connectivity index (χ0n) is 28.7. The van der Waals surface area contributed by atoms with Crippen LogP contribution in [0, 0.1) is 0 Å². The highest BCUT2D eigenvalue weighted by atomic mass is 35.5. The van der Waals surface area contributed by atoms with Gasteiger partial charge in [0.2, 0.25) is 5.91 Å². The number of carbonyl (C=O) groups excluding carboxylic acids is 3. The topological polar surface area (TPSA) is 75.7 Å². The fourth-order valence-corrected chi connectivity index (χ4v) is 5.40. The van der Waals surface area contributed by atoms with Gasteiger partial charge in [0, 0.05) is 41.7 Å². The Balaban J connectivity index is 1.29. The van der Waals surface area contributed by atoms with Gasteiger partial charge in [0.1, 0.15) is 5.75 Å². The van der Waals surface area contributed by atoms with Gasteiger partial charge in [-0.15, -0.1) is 0 Å². The van der Waals surface area contributed by atoms with Crippen LogP contribution in [0.4, 0.5) is 0 Å². The monoisotopic (exact) mass is 670 g/mol. The summed E-state index contributed by atoms with van der Waals surface area (Å²) in [4.78, 5) is 40.4. The Morgan fingerprint density at radius 2 is 1.33 bits per heavy atom. The Morgan fingerprint density at radius 3 is 1.90 bits per heavy atom. The molecule has 0 aromatic heterocycles. The molecule has 1 saturated heterocycles. The molecule has 1 fully saturated rings. The number of ether oxygens (including phenoxy) is 1. The third kappa shape index (κ3) is 13.9. The molecule has 1 atom stereocenters. The van der Waals surface area contributed by atoms with E-state index in [2.05, 4.69) is 73.0 Å². The minimum absolute atomic E-state index is 0.0189. The summed E-state index contributed by atoms with van der Waals surface area (Å²) in [6.45, 7) is 6.64. The highest BCUT2D eigenvalue weighted by molar-refractivity contribution is 6.30. The molecule has 0 unspecified atom stereocenters. The fourth-order valence-electron chi connectivity index (χ4n) is 5.27. The van der Waals surface area contributed by atoms with E-state index in [1.165, 1.54) is 0 Å². The van der Waals surface area contributed by atoms with Crippen molar-refractivity contribution in [3.05, 3.63) is 125 Å². The van der Waals surface area contributed by atoms with Gasteiger partial charge in [-0.2, -0.15) is 0 Å². The van der Waals surface area contributed by atoms with Gasteiger partial charge in [-0.3, -0.25) is 14.4 Å². The van der Waals surface area contributed by atoms with Crippen LogP contribution >= 0.6 is 11.6 Å². The van der Waals surface area contributed by atoms with Crippen molar-refractivity contribution in [2.75, 3.05) is 13.1 Å². The normalized spacial score (nSPS) is 15.5. The first kappa shape index (κ1) is 38.3. The predicted molar refractivity (Wildman–Crippen MR) is 197 cm³/mol. The molecule has 1 aliphatic rings. The number of amides is 2. The van der Waals surface area contributed by atoms with Crippen LogP contribution in [0.25, 0.3) is 0 Å². The van der Waals surface area contributed by atoms with Crippen LogP contribution in [0.2, 0.25) is 5.02 Å². The largest absolute Gasteiger partial charge is 0.478 e. The van der Waals surface area contributed by atoms with Crippen molar-refractivity contribution >= 4 is 29.2 Å². The molecule has 2 aromatic carbocycles. The minimum atomic E-state index is -1.11. The molecule has 256 valence electrons. The van der Waals surface area contributed by atoms with E-state index in [1.807, 2.05) is 0 Å². The number of allylic oxidation sites excluding steroid dienone is 10. The highest BCUT2D eigenvalue weighted by Crippen LogP contribution is 2.24. The van der Waals surface area contributed by atoms with Gasteiger partial charge in [0.05, 0.1) is 0 Å². The Labute approximate surface area is 292 Å². The van der Waals surface area contributed by atoms with Crippen molar-refractivity contribution < 1.29 is 19.1 Å². The molecule has 2 amide bonds. The second-order valence-electron chi connectivity index (χ2n) is 12.4. The van der Waals surface area contributed by atoms with Crippen molar-refractivity contribution in [1.29, 1.82) is 0 Å². The minimum Gasteiger partial charge on any atom is -0.478 e. The van der Waals surface area contributed by atoms with Crippen molar-refractivity contribution in [3.8, 4) is 5.75 Å². The third-order valence-electron chi connectivity index (χ3n) is 7.88. The molecule has 3 rings (SSSR count). The van der Waals surface area contributed by atoms with Gasteiger partial charge in [-0.25, -0.2) is 0 Å². The zero-order chi connectivity index (χ0) is 34.6. The number of nitrogens with zero attached hydrogens (tertiary/aromatic N) is 1. The molecule has 1 N–H and O–H groups in total. The van der Waals surface area contributed by atoms with Crippen LogP contribution < -0.4 is 10.1 Å². The molecule has 0 aliphatic carbocycles. The molecular formula is C41H51ClN2O4. The smallest absolute Gasteiger partial charge is 0.266 e. The third-order valence-corrected chi connectivity index (χ3v) is 8.14. The number of hydrogen-bond donors (Lipinski definition) is 1. The summed E-state index contributed by atoms with van der Waals surface area (Å²) in [6, 6.07) is 13.5. The first-order chi connectivity index (χ1) is 23.2. The standard InChI is InChI=1S/C41H51ClN2O4/c1-4-5-6-7-8-9-10-11-12-13-14-15-16-17-18-19-20-21-38(45)43-36-30-31-44(32-36)40(47)41(2,3)48-37-28-24-34(25-29-37)39(46)33-22-26-35(42)27-23-33/h5-6,8-9,11-12,14-15,17-18,22-29,36H,4,7,10,13,16,19-21,30-32H2,1-3H3,(H,43,45)/b6-5-,9-8-,12-11-,15-14-,18-17-/t36-/m0/s1. The van der Waals surface area contributed by atoms with Crippen molar-refractivity contribution in [2.45, 2.75) is 90.2 Å². The van der Waals surface area contributed by atoms with Crippen LogP contribution in [0.3, 0.4) is 0 Å². The molecule has 1 aliphatic heterocycles. The van der Waals surface area contributed by atoms with E-state index >= 15 is 0 Å². The van der Waals surface area contributed by atoms with Crippen molar-refractivity contribution in [2.24, 2.45) is 0 Å². The highest BCUT2D eigenvalue weighted by Gasteiger charge is 2.38. The average Bonchev–Trinajstić information content (AvgIpc) is 3.54. The number of halogens is 1.